The van der Waals surface area contributed by atoms with E-state index in [1.54, 1.807) is 24.3 Å². The average molecular weight is 401 g/mol. The topological polar surface area (TPSA) is 99.6 Å². The molecule has 9 heteroatoms. The number of fused-ring (bicyclic) bond motifs is 1. The van der Waals surface area contributed by atoms with Crippen LogP contribution in [0.15, 0.2) is 59.6 Å². The van der Waals surface area contributed by atoms with Gasteiger partial charge in [0.15, 0.2) is 0 Å². The Hall–Kier alpha value is -3.04. The van der Waals surface area contributed by atoms with Gasteiger partial charge < -0.3 is 10.0 Å². The van der Waals surface area contributed by atoms with Crippen LogP contribution in [-0.2, 0) is 10.0 Å². The Balaban J connectivity index is 1.62. The van der Waals surface area contributed by atoms with Crippen molar-refractivity contribution in [2.45, 2.75) is 11.0 Å². The molecular formula is C19H16FN3O4S. The molecular weight excluding hydrogens is 385 g/mol. The van der Waals surface area contributed by atoms with Crippen molar-refractivity contribution in [2.75, 3.05) is 17.8 Å². The van der Waals surface area contributed by atoms with E-state index in [-0.39, 0.29) is 34.8 Å². The number of hydrogen-bond acceptors (Lipinski definition) is 5. The molecule has 28 heavy (non-hydrogen) atoms. The summed E-state index contributed by atoms with van der Waals surface area (Å²) in [7, 11) is -4.09. The van der Waals surface area contributed by atoms with E-state index in [0.717, 1.165) is 6.07 Å². The number of likely N-dealkylation sites (tertiary alicyclic amines) is 1. The number of carbonyl (C=O) groups excluding carboxylic acids is 1. The second-order valence-electron chi connectivity index (χ2n) is 6.50. The van der Waals surface area contributed by atoms with Crippen molar-refractivity contribution < 1.29 is 22.7 Å². The number of carbonyl (C=O) groups is 1. The Kier molecular flexibility index (Phi) is 4.48. The number of β-amino-alcohol motifs (C(OH)–C–C–N with tert-alkyl or cyclic N) is 1. The van der Waals surface area contributed by atoms with Crippen LogP contribution in [0.4, 0.5) is 10.1 Å². The van der Waals surface area contributed by atoms with Gasteiger partial charge in [-0.05, 0) is 30.3 Å². The first-order valence-electron chi connectivity index (χ1n) is 8.48. The zero-order valence-corrected chi connectivity index (χ0v) is 15.4. The minimum atomic E-state index is -4.09. The van der Waals surface area contributed by atoms with Gasteiger partial charge in [0.05, 0.1) is 17.3 Å². The van der Waals surface area contributed by atoms with Crippen LogP contribution in [0.1, 0.15) is 10.4 Å². The van der Waals surface area contributed by atoms with Gasteiger partial charge in [0.25, 0.3) is 15.9 Å². The van der Waals surface area contributed by atoms with Gasteiger partial charge >= 0.3 is 0 Å². The van der Waals surface area contributed by atoms with Crippen molar-refractivity contribution in [3.63, 3.8) is 0 Å². The summed E-state index contributed by atoms with van der Waals surface area (Å²) in [4.78, 5) is 17.6. The molecule has 1 aliphatic rings. The first kappa shape index (κ1) is 18.3. The molecule has 0 spiro atoms. The molecule has 144 valence electrons. The fourth-order valence-corrected chi connectivity index (χ4v) is 4.28. The maximum absolute atomic E-state index is 14.5. The van der Waals surface area contributed by atoms with Gasteiger partial charge in [0, 0.05) is 30.2 Å². The molecule has 2 N–H and O–H groups in total. The molecule has 7 nitrogen and oxygen atoms in total. The van der Waals surface area contributed by atoms with Crippen LogP contribution in [0.3, 0.4) is 0 Å². The number of rotatable bonds is 4. The summed E-state index contributed by atoms with van der Waals surface area (Å²) in [5, 5.41) is 9.92. The predicted molar refractivity (Wildman–Crippen MR) is 101 cm³/mol. The summed E-state index contributed by atoms with van der Waals surface area (Å²) in [6.45, 7) is 0.395. The number of aromatic nitrogens is 1. The van der Waals surface area contributed by atoms with E-state index in [1.165, 1.54) is 29.3 Å². The van der Waals surface area contributed by atoms with Crippen LogP contribution >= 0.6 is 0 Å². The maximum Gasteiger partial charge on any atom is 0.264 e. The largest absolute Gasteiger partial charge is 0.389 e. The normalized spacial score (nSPS) is 14.7. The zero-order chi connectivity index (χ0) is 19.9. The van der Waals surface area contributed by atoms with Gasteiger partial charge in [-0.25, -0.2) is 12.8 Å². The third-order valence-corrected chi connectivity index (χ3v) is 5.89. The molecule has 2 heterocycles. The first-order chi connectivity index (χ1) is 13.3. The molecule has 0 bridgehead atoms. The van der Waals surface area contributed by atoms with E-state index in [0.29, 0.717) is 5.39 Å². The first-order valence-corrected chi connectivity index (χ1v) is 9.97. The standard InChI is InChI=1S/C19H16FN3O4S/c20-15-9-13(19(25)23-10-14(24)11-23)6-7-16(15)22-28(26,27)17-5-1-3-12-4-2-8-21-18(12)17/h1-9,14,22,24H,10-11H2. The van der Waals surface area contributed by atoms with Gasteiger partial charge in [-0.15, -0.1) is 0 Å². The second kappa shape index (κ2) is 6.84. The lowest BCUT2D eigenvalue weighted by Gasteiger charge is -2.35. The lowest BCUT2D eigenvalue weighted by Crippen LogP contribution is -2.53. The summed E-state index contributed by atoms with van der Waals surface area (Å²) < 4.78 is 42.2. The van der Waals surface area contributed by atoms with Crippen molar-refractivity contribution in [3.05, 3.63) is 66.1 Å². The number of halogens is 1. The Bertz CT molecular complexity index is 1170. The number of para-hydroxylation sites is 1. The van der Waals surface area contributed by atoms with E-state index in [1.807, 2.05) is 0 Å². The van der Waals surface area contributed by atoms with Gasteiger partial charge in [0.1, 0.15) is 10.7 Å². The molecule has 0 aliphatic carbocycles. The maximum atomic E-state index is 14.5. The van der Waals surface area contributed by atoms with Gasteiger partial charge in [-0.1, -0.05) is 18.2 Å². The number of hydrogen-bond donors (Lipinski definition) is 2. The average Bonchev–Trinajstić information content (AvgIpc) is 2.66. The SMILES string of the molecule is O=C(c1ccc(NS(=O)(=O)c2cccc3cccnc23)c(F)c1)N1CC(O)C1. The number of nitrogens with zero attached hydrogens (tertiary/aromatic N) is 2. The van der Waals surface area contributed by atoms with Crippen molar-refractivity contribution in [1.29, 1.82) is 0 Å². The summed E-state index contributed by atoms with van der Waals surface area (Å²) in [5.74, 6) is -1.29. The van der Waals surface area contributed by atoms with Crippen LogP contribution in [0, 0.1) is 5.82 Å². The van der Waals surface area contributed by atoms with E-state index >= 15 is 0 Å². The number of sulfonamides is 1. The van der Waals surface area contributed by atoms with Crippen LogP contribution in [0.2, 0.25) is 0 Å². The Labute approximate surface area is 160 Å². The van der Waals surface area contributed by atoms with E-state index in [2.05, 4.69) is 9.71 Å². The molecule has 0 saturated carbocycles. The molecule has 2 aromatic carbocycles. The zero-order valence-electron chi connectivity index (χ0n) is 14.5. The fourth-order valence-electron chi connectivity index (χ4n) is 3.03. The summed E-state index contributed by atoms with van der Waals surface area (Å²) >= 11 is 0. The molecule has 0 radical (unpaired) electrons. The van der Waals surface area contributed by atoms with Crippen LogP contribution in [-0.4, -0.2) is 48.5 Å². The minimum Gasteiger partial charge on any atom is -0.389 e. The van der Waals surface area contributed by atoms with Gasteiger partial charge in [0.2, 0.25) is 0 Å². The molecule has 1 saturated heterocycles. The molecule has 0 unspecified atom stereocenters. The highest BCUT2D eigenvalue weighted by atomic mass is 32.2. The fraction of sp³-hybridized carbons (Fsp3) is 0.158. The number of aliphatic hydroxyl groups is 1. The summed E-state index contributed by atoms with van der Waals surface area (Å²) in [5.41, 5.74) is 0.0911. The molecule has 1 amide bonds. The minimum absolute atomic E-state index is 0.0697. The van der Waals surface area contributed by atoms with Crippen molar-refractivity contribution in [2.24, 2.45) is 0 Å². The monoisotopic (exact) mass is 401 g/mol. The molecule has 1 fully saturated rings. The number of nitrogens with one attached hydrogen (secondary N) is 1. The number of aliphatic hydroxyl groups excluding tert-OH is 1. The van der Waals surface area contributed by atoms with Crippen LogP contribution in [0.25, 0.3) is 10.9 Å². The Morgan fingerprint density at radius 1 is 1.18 bits per heavy atom. The highest BCUT2D eigenvalue weighted by molar-refractivity contribution is 7.93. The molecule has 1 aromatic heterocycles. The van der Waals surface area contributed by atoms with Gasteiger partial charge in [-0.2, -0.15) is 0 Å². The third kappa shape index (κ3) is 3.30. The molecule has 1 aliphatic heterocycles. The predicted octanol–water partition coefficient (Wildman–Crippen LogP) is 1.99. The summed E-state index contributed by atoms with van der Waals surface area (Å²) in [6.07, 6.45) is 0.920. The molecule has 4 rings (SSSR count). The summed E-state index contributed by atoms with van der Waals surface area (Å²) in [6, 6.07) is 11.7. The second-order valence-corrected chi connectivity index (χ2v) is 8.15. The van der Waals surface area contributed by atoms with Gasteiger partial charge in [-0.3, -0.25) is 14.5 Å². The lowest BCUT2D eigenvalue weighted by molar-refractivity contribution is 0.00587. The van der Waals surface area contributed by atoms with Crippen molar-refractivity contribution in [3.8, 4) is 0 Å². The smallest absolute Gasteiger partial charge is 0.264 e. The van der Waals surface area contributed by atoms with Crippen molar-refractivity contribution in [1.82, 2.24) is 9.88 Å². The van der Waals surface area contributed by atoms with Crippen LogP contribution in [0.5, 0.6) is 0 Å². The lowest BCUT2D eigenvalue weighted by atomic mass is 10.1. The number of pyridine rings is 1. The number of benzene rings is 2. The highest BCUT2D eigenvalue weighted by Gasteiger charge is 2.30. The van der Waals surface area contributed by atoms with E-state index in [4.69, 9.17) is 0 Å². The highest BCUT2D eigenvalue weighted by Crippen LogP contribution is 2.25. The van der Waals surface area contributed by atoms with E-state index in [9.17, 15) is 22.7 Å². The molecule has 3 aromatic rings. The third-order valence-electron chi connectivity index (χ3n) is 4.50. The molecule has 0 atom stereocenters. The van der Waals surface area contributed by atoms with Crippen molar-refractivity contribution >= 4 is 32.5 Å². The Morgan fingerprint density at radius 3 is 2.64 bits per heavy atom. The van der Waals surface area contributed by atoms with E-state index < -0.39 is 27.9 Å². The number of anilines is 1. The van der Waals surface area contributed by atoms with Crippen LogP contribution < -0.4 is 4.72 Å². The number of amides is 1. The quantitative estimate of drug-likeness (QED) is 0.697. The Morgan fingerprint density at radius 2 is 1.93 bits per heavy atom.